The number of aliphatic hydroxyl groups is 1. The van der Waals surface area contributed by atoms with E-state index in [4.69, 9.17) is 5.26 Å². The predicted molar refractivity (Wildman–Crippen MR) is 64.2 cm³/mol. The summed E-state index contributed by atoms with van der Waals surface area (Å²) in [4.78, 5) is 13.3. The van der Waals surface area contributed by atoms with Gasteiger partial charge in [0, 0.05) is 0 Å². The third-order valence-electron chi connectivity index (χ3n) is 2.65. The van der Waals surface area contributed by atoms with Gasteiger partial charge in [0.05, 0.1) is 16.3 Å². The van der Waals surface area contributed by atoms with Gasteiger partial charge in [0.15, 0.2) is 0 Å². The van der Waals surface area contributed by atoms with E-state index in [0.29, 0.717) is 5.70 Å². The lowest BCUT2D eigenvalue weighted by atomic mass is 9.92. The second kappa shape index (κ2) is 4.32. The summed E-state index contributed by atoms with van der Waals surface area (Å²) in [5.41, 5.74) is 0.462. The Kier molecular flexibility index (Phi) is 3.19. The van der Waals surface area contributed by atoms with Gasteiger partial charge in [-0.15, -0.1) is 11.8 Å². The standard InChI is InChI=1S/C10H12N2O2S2/c1-3-15-10-6(4-11)12-8(14)7(5(2)13)9(12)16-10/h5,7,9,13H,3H2,1-2H3/t5?,7-,9+/m0/s1. The molecular formula is C10H12N2O2S2. The van der Waals surface area contributed by atoms with E-state index in [1.54, 1.807) is 18.7 Å². The lowest BCUT2D eigenvalue weighted by Crippen LogP contribution is -2.59. The Labute approximate surface area is 103 Å². The molecule has 6 heteroatoms. The van der Waals surface area contributed by atoms with Crippen molar-refractivity contribution in [1.82, 2.24) is 4.90 Å². The molecule has 0 aromatic heterocycles. The molecular weight excluding hydrogens is 244 g/mol. The van der Waals surface area contributed by atoms with Crippen LogP contribution in [-0.4, -0.2) is 33.1 Å². The van der Waals surface area contributed by atoms with Gasteiger partial charge < -0.3 is 5.11 Å². The van der Waals surface area contributed by atoms with E-state index in [2.05, 4.69) is 6.07 Å². The number of aliphatic hydroxyl groups excluding tert-OH is 1. The van der Waals surface area contributed by atoms with E-state index in [0.717, 1.165) is 9.99 Å². The Morgan fingerprint density at radius 3 is 2.94 bits per heavy atom. The second-order valence-electron chi connectivity index (χ2n) is 3.66. The van der Waals surface area contributed by atoms with Gasteiger partial charge in [0.25, 0.3) is 0 Å². The molecule has 0 radical (unpaired) electrons. The molecule has 2 aliphatic heterocycles. The molecule has 0 aromatic rings. The zero-order valence-corrected chi connectivity index (χ0v) is 10.6. The number of amides is 1. The summed E-state index contributed by atoms with van der Waals surface area (Å²) in [6, 6.07) is 2.08. The van der Waals surface area contributed by atoms with Gasteiger partial charge in [-0.25, -0.2) is 0 Å². The fourth-order valence-corrected chi connectivity index (χ4v) is 4.64. The highest BCUT2D eigenvalue weighted by Gasteiger charge is 2.56. The van der Waals surface area contributed by atoms with Crippen LogP contribution in [0.1, 0.15) is 13.8 Å². The van der Waals surface area contributed by atoms with Crippen LogP contribution in [0.15, 0.2) is 9.93 Å². The minimum absolute atomic E-state index is 0.0730. The van der Waals surface area contributed by atoms with Crippen LogP contribution in [0.2, 0.25) is 0 Å². The number of nitriles is 1. The predicted octanol–water partition coefficient (Wildman–Crippen LogP) is 1.34. The summed E-state index contributed by atoms with van der Waals surface area (Å²) in [5, 5.41) is 18.5. The molecule has 1 saturated heterocycles. The Morgan fingerprint density at radius 1 is 1.75 bits per heavy atom. The third-order valence-corrected chi connectivity index (χ3v) is 5.19. The zero-order chi connectivity index (χ0) is 11.9. The SMILES string of the molecule is CCSC1=C(C#N)N2C(=O)[C@H](C(C)O)[C@H]2S1. The number of fused-ring (bicyclic) bond motifs is 1. The number of allylic oxidation sites excluding steroid dienone is 1. The topological polar surface area (TPSA) is 64.3 Å². The van der Waals surface area contributed by atoms with Crippen molar-refractivity contribution in [2.75, 3.05) is 5.75 Å². The number of rotatable bonds is 3. The lowest BCUT2D eigenvalue weighted by molar-refractivity contribution is -0.151. The molecule has 0 spiro atoms. The summed E-state index contributed by atoms with van der Waals surface area (Å²) in [6.07, 6.45) is -0.646. The summed E-state index contributed by atoms with van der Waals surface area (Å²) in [5.74, 6) is 0.390. The molecule has 0 aliphatic carbocycles. The van der Waals surface area contributed by atoms with E-state index in [-0.39, 0.29) is 17.2 Å². The number of hydrogen-bond donors (Lipinski definition) is 1. The van der Waals surface area contributed by atoms with E-state index in [1.807, 2.05) is 6.92 Å². The highest BCUT2D eigenvalue weighted by molar-refractivity contribution is 8.22. The van der Waals surface area contributed by atoms with Gasteiger partial charge in [-0.05, 0) is 12.7 Å². The normalized spacial score (nSPS) is 29.9. The molecule has 16 heavy (non-hydrogen) atoms. The van der Waals surface area contributed by atoms with Crippen LogP contribution in [0.25, 0.3) is 0 Å². The maximum absolute atomic E-state index is 11.8. The Morgan fingerprint density at radius 2 is 2.44 bits per heavy atom. The molecule has 1 fully saturated rings. The number of β-lactam (4-membered cyclic amide) rings is 1. The molecule has 1 N–H and O–H groups in total. The molecule has 2 rings (SSSR count). The average molecular weight is 256 g/mol. The number of thioether (sulfide) groups is 2. The summed E-state index contributed by atoms with van der Waals surface area (Å²) in [6.45, 7) is 3.63. The molecule has 1 unspecified atom stereocenters. The Hall–Kier alpha value is -0.640. The number of nitrogens with zero attached hydrogens (tertiary/aromatic N) is 2. The van der Waals surface area contributed by atoms with E-state index in [1.165, 1.54) is 16.7 Å². The fraction of sp³-hybridized carbons (Fsp3) is 0.600. The van der Waals surface area contributed by atoms with Crippen molar-refractivity contribution < 1.29 is 9.90 Å². The molecule has 2 aliphatic rings. The molecule has 1 amide bonds. The molecule has 2 heterocycles. The summed E-state index contributed by atoms with van der Waals surface area (Å²) < 4.78 is 0.909. The largest absolute Gasteiger partial charge is 0.392 e. The van der Waals surface area contributed by atoms with Crippen molar-refractivity contribution in [2.45, 2.75) is 25.3 Å². The molecule has 4 nitrogen and oxygen atoms in total. The van der Waals surface area contributed by atoms with Crippen LogP contribution in [0, 0.1) is 17.2 Å². The molecule has 86 valence electrons. The minimum Gasteiger partial charge on any atom is -0.392 e. The first-order chi connectivity index (χ1) is 7.61. The van der Waals surface area contributed by atoms with Crippen LogP contribution in [0.5, 0.6) is 0 Å². The summed E-state index contributed by atoms with van der Waals surface area (Å²) in [7, 11) is 0. The van der Waals surface area contributed by atoms with Crippen molar-refractivity contribution in [3.8, 4) is 6.07 Å². The van der Waals surface area contributed by atoms with Gasteiger partial charge in [0.1, 0.15) is 17.1 Å². The second-order valence-corrected chi connectivity index (χ2v) is 6.32. The van der Waals surface area contributed by atoms with Crippen molar-refractivity contribution >= 4 is 29.4 Å². The number of carbonyl (C=O) groups excluding carboxylic acids is 1. The van der Waals surface area contributed by atoms with Crippen molar-refractivity contribution in [3.05, 3.63) is 9.93 Å². The number of hydrogen-bond acceptors (Lipinski definition) is 5. The first kappa shape index (κ1) is 11.8. The van der Waals surface area contributed by atoms with Crippen molar-refractivity contribution in [1.29, 1.82) is 5.26 Å². The average Bonchev–Trinajstić information content (AvgIpc) is 2.52. The van der Waals surface area contributed by atoms with Gasteiger partial charge in [-0.1, -0.05) is 18.7 Å². The van der Waals surface area contributed by atoms with Gasteiger partial charge in [0.2, 0.25) is 5.91 Å². The molecule has 0 bridgehead atoms. The lowest BCUT2D eigenvalue weighted by Gasteiger charge is -2.43. The third kappa shape index (κ3) is 1.54. The monoisotopic (exact) mass is 256 g/mol. The quantitative estimate of drug-likeness (QED) is 0.772. The maximum atomic E-state index is 11.8. The minimum atomic E-state index is -0.646. The highest BCUT2D eigenvalue weighted by atomic mass is 32.2. The van der Waals surface area contributed by atoms with Crippen molar-refractivity contribution in [3.63, 3.8) is 0 Å². The van der Waals surface area contributed by atoms with Crippen molar-refractivity contribution in [2.24, 2.45) is 5.92 Å². The van der Waals surface area contributed by atoms with E-state index < -0.39 is 6.10 Å². The van der Waals surface area contributed by atoms with Crippen LogP contribution >= 0.6 is 23.5 Å². The molecule has 0 aromatic carbocycles. The van der Waals surface area contributed by atoms with E-state index >= 15 is 0 Å². The van der Waals surface area contributed by atoms with Crippen LogP contribution < -0.4 is 0 Å². The summed E-state index contributed by atoms with van der Waals surface area (Å²) >= 11 is 3.10. The zero-order valence-electron chi connectivity index (χ0n) is 9.01. The van der Waals surface area contributed by atoms with Crippen LogP contribution in [-0.2, 0) is 4.79 Å². The highest BCUT2D eigenvalue weighted by Crippen LogP contribution is 2.53. The first-order valence-corrected chi connectivity index (χ1v) is 6.93. The first-order valence-electron chi connectivity index (χ1n) is 5.06. The van der Waals surface area contributed by atoms with E-state index in [9.17, 15) is 9.90 Å². The van der Waals surface area contributed by atoms with Crippen LogP contribution in [0.3, 0.4) is 0 Å². The molecule has 0 saturated carbocycles. The fourth-order valence-electron chi connectivity index (χ4n) is 1.89. The smallest absolute Gasteiger partial charge is 0.237 e. The van der Waals surface area contributed by atoms with Gasteiger partial charge >= 0.3 is 0 Å². The van der Waals surface area contributed by atoms with Gasteiger partial charge in [-0.2, -0.15) is 5.26 Å². The number of carbonyl (C=O) groups is 1. The maximum Gasteiger partial charge on any atom is 0.237 e. The Bertz CT molecular complexity index is 400. The van der Waals surface area contributed by atoms with Crippen LogP contribution in [0.4, 0.5) is 0 Å². The Balaban J connectivity index is 2.22. The van der Waals surface area contributed by atoms with Gasteiger partial charge in [-0.3, -0.25) is 9.69 Å². The molecule has 3 atom stereocenters.